The van der Waals surface area contributed by atoms with Crippen LogP contribution in [0.15, 0.2) is 43.0 Å². The van der Waals surface area contributed by atoms with Gasteiger partial charge in [0.1, 0.15) is 12.2 Å². The van der Waals surface area contributed by atoms with E-state index in [1.165, 1.54) is 7.11 Å². The largest absolute Gasteiger partial charge is 0.453 e. The Hall–Kier alpha value is -1.69. The Bertz CT molecular complexity index is 483. The summed E-state index contributed by atoms with van der Waals surface area (Å²) >= 11 is 0. The van der Waals surface area contributed by atoms with Gasteiger partial charge >= 0.3 is 5.97 Å². The topological polar surface area (TPSA) is 76.0 Å². The van der Waals surface area contributed by atoms with Gasteiger partial charge in [-0.3, -0.25) is 0 Å². The van der Waals surface area contributed by atoms with Gasteiger partial charge in [-0.25, -0.2) is 4.79 Å². The smallest absolute Gasteiger partial charge is 0.338 e. The standard InChI is InChI=1S/C17H24O5/c1-5-17(2,3)15(21-4)14(13(19)11-18)22-16(20)12-9-7-6-8-10-12/h5-10,13-15,18-19H,1,11H2,2-4H3/t13-,14+,15-/m1/s1. The summed E-state index contributed by atoms with van der Waals surface area (Å²) in [5.41, 5.74) is -0.198. The Morgan fingerprint density at radius 3 is 2.41 bits per heavy atom. The van der Waals surface area contributed by atoms with Crippen LogP contribution in [0, 0.1) is 5.41 Å². The van der Waals surface area contributed by atoms with E-state index in [1.807, 2.05) is 13.8 Å². The number of esters is 1. The number of ether oxygens (including phenoxy) is 2. The number of methoxy groups -OCH3 is 1. The highest BCUT2D eigenvalue weighted by Crippen LogP contribution is 2.30. The van der Waals surface area contributed by atoms with Crippen molar-refractivity contribution in [2.24, 2.45) is 5.41 Å². The molecule has 22 heavy (non-hydrogen) atoms. The minimum atomic E-state index is -1.25. The molecular formula is C17H24O5. The van der Waals surface area contributed by atoms with Gasteiger partial charge in [0.2, 0.25) is 0 Å². The monoisotopic (exact) mass is 308 g/mol. The second kappa shape index (κ2) is 8.08. The molecule has 0 aliphatic carbocycles. The predicted molar refractivity (Wildman–Crippen MR) is 83.5 cm³/mol. The quantitative estimate of drug-likeness (QED) is 0.565. The Morgan fingerprint density at radius 1 is 1.36 bits per heavy atom. The number of rotatable bonds is 8. The van der Waals surface area contributed by atoms with Crippen molar-refractivity contribution < 1.29 is 24.5 Å². The fourth-order valence-corrected chi connectivity index (χ4v) is 2.19. The third-order valence-corrected chi connectivity index (χ3v) is 3.63. The molecule has 1 rings (SSSR count). The number of benzene rings is 1. The summed E-state index contributed by atoms with van der Waals surface area (Å²) in [7, 11) is 1.46. The van der Waals surface area contributed by atoms with Crippen LogP contribution >= 0.6 is 0 Å². The molecule has 0 unspecified atom stereocenters. The first-order chi connectivity index (χ1) is 10.4. The molecule has 5 heteroatoms. The predicted octanol–water partition coefficient (Wildman–Crippen LogP) is 1.79. The summed E-state index contributed by atoms with van der Waals surface area (Å²) in [6, 6.07) is 8.46. The van der Waals surface area contributed by atoms with Crippen LogP contribution in [0.5, 0.6) is 0 Å². The molecular weight excluding hydrogens is 284 g/mol. The Labute approximate surface area is 131 Å². The zero-order valence-corrected chi connectivity index (χ0v) is 13.2. The molecule has 0 saturated carbocycles. The number of hydrogen-bond acceptors (Lipinski definition) is 5. The molecule has 122 valence electrons. The van der Waals surface area contributed by atoms with Gasteiger partial charge in [-0.05, 0) is 12.1 Å². The van der Waals surface area contributed by atoms with E-state index in [1.54, 1.807) is 36.4 Å². The Balaban J connectivity index is 3.03. The van der Waals surface area contributed by atoms with Crippen LogP contribution in [0.1, 0.15) is 24.2 Å². The summed E-state index contributed by atoms with van der Waals surface area (Å²) in [6.07, 6.45) is -1.26. The van der Waals surface area contributed by atoms with Crippen LogP contribution in [0.3, 0.4) is 0 Å². The molecule has 5 nitrogen and oxygen atoms in total. The average Bonchev–Trinajstić information content (AvgIpc) is 2.54. The van der Waals surface area contributed by atoms with E-state index in [-0.39, 0.29) is 0 Å². The lowest BCUT2D eigenvalue weighted by Gasteiger charge is -2.37. The molecule has 0 bridgehead atoms. The lowest BCUT2D eigenvalue weighted by Crippen LogP contribution is -2.50. The van der Waals surface area contributed by atoms with Crippen molar-refractivity contribution in [3.63, 3.8) is 0 Å². The molecule has 1 aromatic carbocycles. The van der Waals surface area contributed by atoms with Crippen LogP contribution < -0.4 is 0 Å². The van der Waals surface area contributed by atoms with Gasteiger partial charge in [-0.2, -0.15) is 0 Å². The molecule has 1 aromatic rings. The third kappa shape index (κ3) is 4.40. The van der Waals surface area contributed by atoms with Crippen LogP contribution in [-0.4, -0.2) is 48.2 Å². The lowest BCUT2D eigenvalue weighted by molar-refractivity contribution is -0.124. The summed E-state index contributed by atoms with van der Waals surface area (Å²) in [4.78, 5) is 12.2. The van der Waals surface area contributed by atoms with Crippen LogP contribution in [-0.2, 0) is 9.47 Å². The minimum absolute atomic E-state index is 0.365. The minimum Gasteiger partial charge on any atom is -0.453 e. The van der Waals surface area contributed by atoms with Gasteiger partial charge in [-0.1, -0.05) is 38.1 Å². The Kier molecular flexibility index (Phi) is 6.74. The normalized spacial score (nSPS) is 15.7. The summed E-state index contributed by atoms with van der Waals surface area (Å²) in [5.74, 6) is -0.583. The number of carbonyl (C=O) groups excluding carboxylic acids is 1. The summed E-state index contributed by atoms with van der Waals surface area (Å²) in [5, 5.41) is 19.3. The first-order valence-corrected chi connectivity index (χ1v) is 7.08. The van der Waals surface area contributed by atoms with Gasteiger partial charge in [-0.15, -0.1) is 6.58 Å². The van der Waals surface area contributed by atoms with E-state index >= 15 is 0 Å². The van der Waals surface area contributed by atoms with Crippen molar-refractivity contribution in [2.45, 2.75) is 32.2 Å². The molecule has 0 heterocycles. The molecule has 0 fully saturated rings. The number of aliphatic hydroxyl groups excluding tert-OH is 2. The van der Waals surface area contributed by atoms with Crippen LogP contribution in [0.2, 0.25) is 0 Å². The molecule has 0 aromatic heterocycles. The molecule has 3 atom stereocenters. The maximum absolute atomic E-state index is 12.2. The average molecular weight is 308 g/mol. The van der Waals surface area contributed by atoms with Crippen molar-refractivity contribution in [1.29, 1.82) is 0 Å². The van der Waals surface area contributed by atoms with Gasteiger partial charge in [0.25, 0.3) is 0 Å². The fourth-order valence-electron chi connectivity index (χ4n) is 2.19. The first-order valence-electron chi connectivity index (χ1n) is 7.08. The van der Waals surface area contributed by atoms with Crippen molar-refractivity contribution in [3.05, 3.63) is 48.6 Å². The van der Waals surface area contributed by atoms with Crippen molar-refractivity contribution >= 4 is 5.97 Å². The highest BCUT2D eigenvalue weighted by atomic mass is 16.6. The lowest BCUT2D eigenvalue weighted by atomic mass is 9.82. The summed E-state index contributed by atoms with van der Waals surface area (Å²) < 4.78 is 10.8. The third-order valence-electron chi connectivity index (χ3n) is 3.63. The van der Waals surface area contributed by atoms with E-state index in [0.717, 1.165) is 0 Å². The second-order valence-electron chi connectivity index (χ2n) is 5.67. The molecule has 0 amide bonds. The molecule has 0 aliphatic rings. The van der Waals surface area contributed by atoms with Gasteiger partial charge in [0.05, 0.1) is 12.2 Å². The highest BCUT2D eigenvalue weighted by Gasteiger charge is 2.40. The van der Waals surface area contributed by atoms with Gasteiger partial charge in [0, 0.05) is 12.5 Å². The Morgan fingerprint density at radius 2 is 1.95 bits per heavy atom. The maximum atomic E-state index is 12.2. The first kappa shape index (κ1) is 18.4. The van der Waals surface area contributed by atoms with Crippen molar-refractivity contribution in [2.75, 3.05) is 13.7 Å². The van der Waals surface area contributed by atoms with Gasteiger partial charge in [0.15, 0.2) is 6.10 Å². The number of carbonyl (C=O) groups is 1. The molecule has 0 radical (unpaired) electrons. The van der Waals surface area contributed by atoms with Gasteiger partial charge < -0.3 is 19.7 Å². The van der Waals surface area contributed by atoms with E-state index in [2.05, 4.69) is 6.58 Å². The van der Waals surface area contributed by atoms with E-state index in [4.69, 9.17) is 9.47 Å². The van der Waals surface area contributed by atoms with Crippen molar-refractivity contribution in [1.82, 2.24) is 0 Å². The molecule has 0 aliphatic heterocycles. The zero-order chi connectivity index (χ0) is 16.8. The van der Waals surface area contributed by atoms with Crippen LogP contribution in [0.4, 0.5) is 0 Å². The number of hydrogen-bond donors (Lipinski definition) is 2. The van der Waals surface area contributed by atoms with Crippen molar-refractivity contribution in [3.8, 4) is 0 Å². The van der Waals surface area contributed by atoms with E-state index in [0.29, 0.717) is 5.56 Å². The zero-order valence-electron chi connectivity index (χ0n) is 13.2. The van der Waals surface area contributed by atoms with E-state index in [9.17, 15) is 15.0 Å². The number of aliphatic hydroxyl groups is 2. The van der Waals surface area contributed by atoms with Crippen LogP contribution in [0.25, 0.3) is 0 Å². The van der Waals surface area contributed by atoms with E-state index < -0.39 is 36.3 Å². The SMILES string of the molecule is C=CC(C)(C)[C@H](OC)[C@@H](OC(=O)c1ccccc1)[C@H](O)CO. The molecule has 0 spiro atoms. The molecule has 0 saturated heterocycles. The molecule has 2 N–H and O–H groups in total. The summed E-state index contributed by atoms with van der Waals surface area (Å²) in [6.45, 7) is 6.90. The fraction of sp³-hybridized carbons (Fsp3) is 0.471. The second-order valence-corrected chi connectivity index (χ2v) is 5.67. The maximum Gasteiger partial charge on any atom is 0.338 e. The highest BCUT2D eigenvalue weighted by molar-refractivity contribution is 5.89.